The molecule has 0 spiro atoms. The van der Waals surface area contributed by atoms with Crippen LogP contribution < -0.4 is 10.4 Å². The van der Waals surface area contributed by atoms with Crippen molar-refractivity contribution in [3.8, 4) is 0 Å². The molecule has 3 aromatic carbocycles. The fourth-order valence-corrected chi connectivity index (χ4v) is 3.09. The standard InChI is InChI=1S/C21H17ClN4O2/c1-14(27)25-13-26(19-10-8-18(22)9-11-19)24-21(23-25)20(28)17-7-6-15-4-2-3-5-16(15)12-17/h2-12H,13H2,1H3,(H,23,24). The molecule has 0 aliphatic carbocycles. The number of carbonyl (C=O) groups excluding carboxylic acids is 2. The largest absolute Gasteiger partial charge is 0.285 e. The molecule has 0 unspecified atom stereocenters. The van der Waals surface area contributed by atoms with Crippen LogP contribution in [-0.2, 0) is 4.79 Å². The maximum Gasteiger partial charge on any atom is 0.239 e. The van der Waals surface area contributed by atoms with Gasteiger partial charge in [0.1, 0.15) is 6.67 Å². The molecule has 6 nitrogen and oxygen atoms in total. The molecule has 0 saturated heterocycles. The van der Waals surface area contributed by atoms with Crippen molar-refractivity contribution in [2.45, 2.75) is 6.92 Å². The van der Waals surface area contributed by atoms with Crippen LogP contribution in [0.1, 0.15) is 17.3 Å². The third-order valence-corrected chi connectivity index (χ3v) is 4.72. The highest BCUT2D eigenvalue weighted by Gasteiger charge is 2.26. The van der Waals surface area contributed by atoms with Gasteiger partial charge < -0.3 is 0 Å². The maximum absolute atomic E-state index is 13.1. The first-order chi connectivity index (χ1) is 13.5. The summed E-state index contributed by atoms with van der Waals surface area (Å²) >= 11 is 5.95. The van der Waals surface area contributed by atoms with Crippen molar-refractivity contribution in [3.63, 3.8) is 0 Å². The maximum atomic E-state index is 13.1. The summed E-state index contributed by atoms with van der Waals surface area (Å²) in [6, 6.07) is 20.3. The Bertz CT molecular complexity index is 1100. The predicted molar refractivity (Wildman–Crippen MR) is 110 cm³/mol. The Kier molecular flexibility index (Phi) is 4.71. The highest BCUT2D eigenvalue weighted by molar-refractivity contribution is 6.45. The molecule has 4 rings (SSSR count). The lowest BCUT2D eigenvalue weighted by atomic mass is 10.0. The Morgan fingerprint density at radius 3 is 2.43 bits per heavy atom. The zero-order chi connectivity index (χ0) is 19.7. The van der Waals surface area contributed by atoms with E-state index in [0.29, 0.717) is 10.6 Å². The molecular weight excluding hydrogens is 376 g/mol. The number of ketones is 1. The Morgan fingerprint density at radius 2 is 1.71 bits per heavy atom. The molecule has 0 bridgehead atoms. The van der Waals surface area contributed by atoms with Crippen LogP contribution in [0.3, 0.4) is 0 Å². The van der Waals surface area contributed by atoms with Crippen LogP contribution in [0.5, 0.6) is 0 Å². The normalized spacial score (nSPS) is 13.9. The van der Waals surface area contributed by atoms with Crippen LogP contribution in [-0.4, -0.2) is 29.2 Å². The van der Waals surface area contributed by atoms with Gasteiger partial charge in [0.25, 0.3) is 0 Å². The van der Waals surface area contributed by atoms with Crippen molar-refractivity contribution in [2.24, 2.45) is 5.10 Å². The lowest BCUT2D eigenvalue weighted by Gasteiger charge is -2.33. The Balaban J connectivity index is 1.70. The predicted octanol–water partition coefficient (Wildman–Crippen LogP) is 3.82. The van der Waals surface area contributed by atoms with E-state index in [4.69, 9.17) is 11.6 Å². The van der Waals surface area contributed by atoms with E-state index >= 15 is 0 Å². The molecule has 1 aliphatic heterocycles. The Morgan fingerprint density at radius 1 is 1.00 bits per heavy atom. The summed E-state index contributed by atoms with van der Waals surface area (Å²) in [5, 5.41) is 9.96. The Hall–Kier alpha value is -3.38. The van der Waals surface area contributed by atoms with Gasteiger partial charge in [0.05, 0.1) is 5.69 Å². The van der Waals surface area contributed by atoms with E-state index < -0.39 is 0 Å². The summed E-state index contributed by atoms with van der Waals surface area (Å²) < 4.78 is 0. The zero-order valence-electron chi connectivity index (χ0n) is 15.1. The number of hydrogen-bond donors (Lipinski definition) is 1. The number of nitrogens with zero attached hydrogens (tertiary/aromatic N) is 3. The molecule has 3 aromatic rings. The quantitative estimate of drug-likeness (QED) is 0.688. The monoisotopic (exact) mass is 392 g/mol. The van der Waals surface area contributed by atoms with Crippen LogP contribution >= 0.6 is 11.6 Å². The molecule has 140 valence electrons. The number of hydrogen-bond acceptors (Lipinski definition) is 5. The highest BCUT2D eigenvalue weighted by atomic mass is 35.5. The molecule has 1 N–H and O–H groups in total. The number of rotatable bonds is 3. The minimum absolute atomic E-state index is 0.0756. The van der Waals surface area contributed by atoms with Gasteiger partial charge in [0.2, 0.25) is 17.5 Å². The molecule has 1 amide bonds. The minimum atomic E-state index is -0.296. The first-order valence-corrected chi connectivity index (χ1v) is 9.09. The van der Waals surface area contributed by atoms with Crippen molar-refractivity contribution in [2.75, 3.05) is 11.7 Å². The number of fused-ring (bicyclic) bond motifs is 1. The van der Waals surface area contributed by atoms with Crippen LogP contribution in [0.4, 0.5) is 5.69 Å². The summed E-state index contributed by atoms with van der Waals surface area (Å²) in [4.78, 5) is 25.0. The van der Waals surface area contributed by atoms with Gasteiger partial charge in [-0.15, -0.1) is 5.10 Å². The van der Waals surface area contributed by atoms with E-state index in [1.807, 2.05) is 36.4 Å². The highest BCUT2D eigenvalue weighted by Crippen LogP contribution is 2.21. The van der Waals surface area contributed by atoms with Gasteiger partial charge >= 0.3 is 0 Å². The molecule has 0 atom stereocenters. The molecule has 1 heterocycles. The summed E-state index contributed by atoms with van der Waals surface area (Å²) in [5.74, 6) is -0.444. The lowest BCUT2D eigenvalue weighted by Crippen LogP contribution is -2.56. The third kappa shape index (κ3) is 3.54. The number of amides is 1. The van der Waals surface area contributed by atoms with Crippen LogP contribution in [0.15, 0.2) is 71.8 Å². The number of hydrazine groups is 1. The summed E-state index contributed by atoms with van der Waals surface area (Å²) in [6.07, 6.45) is 0. The number of hydrazone groups is 1. The number of anilines is 1. The van der Waals surface area contributed by atoms with Gasteiger partial charge in [0, 0.05) is 17.5 Å². The topological polar surface area (TPSA) is 65.0 Å². The van der Waals surface area contributed by atoms with Crippen molar-refractivity contribution >= 4 is 45.6 Å². The van der Waals surface area contributed by atoms with Gasteiger partial charge in [-0.2, -0.15) is 0 Å². The minimum Gasteiger partial charge on any atom is -0.285 e. The first-order valence-electron chi connectivity index (χ1n) is 8.71. The van der Waals surface area contributed by atoms with Crippen molar-refractivity contribution in [1.29, 1.82) is 0 Å². The van der Waals surface area contributed by atoms with Crippen LogP contribution in [0.2, 0.25) is 5.02 Å². The summed E-state index contributed by atoms with van der Waals surface area (Å²) in [5.41, 5.74) is 4.04. The van der Waals surface area contributed by atoms with Crippen LogP contribution in [0, 0.1) is 0 Å². The smallest absolute Gasteiger partial charge is 0.239 e. The molecular formula is C21H17ClN4O2. The summed E-state index contributed by atoms with van der Waals surface area (Å²) in [6.45, 7) is 1.60. The van der Waals surface area contributed by atoms with Crippen LogP contribution in [0.25, 0.3) is 10.8 Å². The van der Waals surface area contributed by atoms with E-state index in [1.165, 1.54) is 11.9 Å². The third-order valence-electron chi connectivity index (χ3n) is 4.47. The fourth-order valence-electron chi connectivity index (χ4n) is 2.97. The number of halogens is 1. The second-order valence-electron chi connectivity index (χ2n) is 6.42. The second-order valence-corrected chi connectivity index (χ2v) is 6.85. The van der Waals surface area contributed by atoms with Crippen molar-refractivity contribution < 1.29 is 9.59 Å². The average Bonchev–Trinajstić information content (AvgIpc) is 2.73. The Labute approximate surface area is 167 Å². The molecule has 0 radical (unpaired) electrons. The van der Waals surface area contributed by atoms with Gasteiger partial charge in [0.15, 0.2) is 0 Å². The van der Waals surface area contributed by atoms with Gasteiger partial charge in [-0.05, 0) is 41.1 Å². The van der Waals surface area contributed by atoms with Gasteiger partial charge in [-0.25, -0.2) is 10.0 Å². The number of nitrogens with one attached hydrogen (secondary N) is 1. The number of carbonyl (C=O) groups is 2. The van der Waals surface area contributed by atoms with Gasteiger partial charge in [-0.1, -0.05) is 48.0 Å². The van der Waals surface area contributed by atoms with E-state index in [1.54, 1.807) is 35.3 Å². The van der Waals surface area contributed by atoms with E-state index in [-0.39, 0.29) is 24.2 Å². The molecule has 28 heavy (non-hydrogen) atoms. The van der Waals surface area contributed by atoms with E-state index in [2.05, 4.69) is 10.5 Å². The first kappa shape index (κ1) is 18.0. The zero-order valence-corrected chi connectivity index (χ0v) is 15.8. The van der Waals surface area contributed by atoms with Crippen molar-refractivity contribution in [1.82, 2.24) is 10.4 Å². The molecule has 0 saturated carbocycles. The number of amidine groups is 1. The molecule has 7 heteroatoms. The number of benzene rings is 3. The van der Waals surface area contributed by atoms with E-state index in [0.717, 1.165) is 16.5 Å². The SMILES string of the molecule is CC(=O)N1CN(c2ccc(Cl)cc2)N=C(C(=O)c2ccc3ccccc3c2)N1. The average molecular weight is 393 g/mol. The van der Waals surface area contributed by atoms with Gasteiger partial charge in [-0.3, -0.25) is 15.0 Å². The molecule has 0 aromatic heterocycles. The number of Topliss-reactive ketones (excluding diaryl/α,β-unsaturated/α-hetero) is 1. The van der Waals surface area contributed by atoms with Crippen molar-refractivity contribution in [3.05, 3.63) is 77.3 Å². The fraction of sp³-hybridized carbons (Fsp3) is 0.0952. The lowest BCUT2D eigenvalue weighted by molar-refractivity contribution is -0.130. The molecule has 1 aliphatic rings. The molecule has 0 fully saturated rings. The second kappa shape index (κ2) is 7.32. The summed E-state index contributed by atoms with van der Waals surface area (Å²) in [7, 11) is 0. The van der Waals surface area contributed by atoms with E-state index in [9.17, 15) is 9.59 Å².